The van der Waals surface area contributed by atoms with Gasteiger partial charge in [0.1, 0.15) is 18.5 Å². The fourth-order valence-electron chi connectivity index (χ4n) is 1.29. The van der Waals surface area contributed by atoms with E-state index in [0.717, 1.165) is 0 Å². The topological polar surface area (TPSA) is 67.4 Å². The molecule has 1 aliphatic rings. The number of carbonyl (C=O) groups is 2. The summed E-state index contributed by atoms with van der Waals surface area (Å²) in [5, 5.41) is 4.87. The molecule has 84 valence electrons. The minimum Gasteiger partial charge on any atom is -0.447 e. The van der Waals surface area contributed by atoms with Crippen molar-refractivity contribution < 1.29 is 18.7 Å². The van der Waals surface area contributed by atoms with Crippen LogP contribution >= 0.6 is 0 Å². The molecule has 2 N–H and O–H groups in total. The van der Waals surface area contributed by atoms with Crippen molar-refractivity contribution in [1.82, 2.24) is 5.32 Å². The van der Waals surface area contributed by atoms with Gasteiger partial charge in [-0.2, -0.15) is 0 Å². The van der Waals surface area contributed by atoms with Crippen molar-refractivity contribution in [3.05, 3.63) is 30.1 Å². The summed E-state index contributed by atoms with van der Waals surface area (Å²) in [6.45, 7) is 0.00581. The Morgan fingerprint density at radius 3 is 2.69 bits per heavy atom. The zero-order valence-electron chi connectivity index (χ0n) is 8.20. The smallest absolute Gasteiger partial charge is 0.407 e. The first-order chi connectivity index (χ1) is 7.65. The van der Waals surface area contributed by atoms with Gasteiger partial charge in [0.05, 0.1) is 0 Å². The van der Waals surface area contributed by atoms with E-state index in [0.29, 0.717) is 5.69 Å². The summed E-state index contributed by atoms with van der Waals surface area (Å²) < 4.78 is 17.2. The molecule has 16 heavy (non-hydrogen) atoms. The summed E-state index contributed by atoms with van der Waals surface area (Å²) in [4.78, 5) is 22.2. The average molecular weight is 224 g/mol. The van der Waals surface area contributed by atoms with Crippen LogP contribution in [0.5, 0.6) is 0 Å². The van der Waals surface area contributed by atoms with E-state index in [1.54, 1.807) is 0 Å². The molecule has 1 aromatic rings. The lowest BCUT2D eigenvalue weighted by molar-refractivity contribution is -0.117. The third kappa shape index (κ3) is 2.28. The Labute approximate surface area is 90.6 Å². The second kappa shape index (κ2) is 4.18. The minimum absolute atomic E-state index is 0.00581. The predicted octanol–water partition coefficient (Wildman–Crippen LogP) is 0.873. The van der Waals surface area contributed by atoms with Crippen molar-refractivity contribution in [2.75, 3.05) is 11.9 Å². The number of nitrogens with one attached hydrogen (secondary N) is 2. The van der Waals surface area contributed by atoms with Gasteiger partial charge in [-0.1, -0.05) is 0 Å². The highest BCUT2D eigenvalue weighted by atomic mass is 19.1. The maximum Gasteiger partial charge on any atom is 0.407 e. The molecular formula is C10H9FN2O3. The molecule has 0 aromatic heterocycles. The van der Waals surface area contributed by atoms with Gasteiger partial charge in [0, 0.05) is 5.69 Å². The molecule has 5 nitrogen and oxygen atoms in total. The van der Waals surface area contributed by atoms with Crippen LogP contribution in [0.25, 0.3) is 0 Å². The summed E-state index contributed by atoms with van der Waals surface area (Å²) in [7, 11) is 0. The summed E-state index contributed by atoms with van der Waals surface area (Å²) in [5.41, 5.74) is 0.465. The van der Waals surface area contributed by atoms with Gasteiger partial charge in [-0.25, -0.2) is 9.18 Å². The number of ether oxygens (including phenoxy) is 1. The van der Waals surface area contributed by atoms with Gasteiger partial charge in [0.2, 0.25) is 0 Å². The van der Waals surface area contributed by atoms with Gasteiger partial charge in [0.15, 0.2) is 0 Å². The Kier molecular flexibility index (Phi) is 2.72. The van der Waals surface area contributed by atoms with Crippen LogP contribution < -0.4 is 10.6 Å². The van der Waals surface area contributed by atoms with Crippen LogP contribution in [0.3, 0.4) is 0 Å². The average Bonchev–Trinajstić information content (AvgIpc) is 2.68. The van der Waals surface area contributed by atoms with Crippen molar-refractivity contribution >= 4 is 17.7 Å². The number of cyclic esters (lactones) is 1. The highest BCUT2D eigenvalue weighted by Crippen LogP contribution is 2.09. The number of hydrogen-bond donors (Lipinski definition) is 2. The Balaban J connectivity index is 1.97. The monoisotopic (exact) mass is 224 g/mol. The first-order valence-electron chi connectivity index (χ1n) is 4.65. The molecule has 1 aromatic carbocycles. The van der Waals surface area contributed by atoms with Crippen molar-refractivity contribution in [3.8, 4) is 0 Å². The maximum absolute atomic E-state index is 12.6. The number of carbonyl (C=O) groups excluding carboxylic acids is 2. The molecule has 2 amide bonds. The molecule has 0 unspecified atom stereocenters. The molecule has 0 radical (unpaired) electrons. The molecule has 0 saturated carbocycles. The molecule has 1 saturated heterocycles. The van der Waals surface area contributed by atoms with Gasteiger partial charge in [-0.15, -0.1) is 0 Å². The van der Waals surface area contributed by atoms with Crippen molar-refractivity contribution in [2.24, 2.45) is 0 Å². The third-order valence-corrected chi connectivity index (χ3v) is 2.10. The zero-order chi connectivity index (χ0) is 11.5. The highest BCUT2D eigenvalue weighted by Gasteiger charge is 2.28. The van der Waals surface area contributed by atoms with Crippen LogP contribution in [0.15, 0.2) is 24.3 Å². The van der Waals surface area contributed by atoms with Gasteiger partial charge >= 0.3 is 6.09 Å². The maximum atomic E-state index is 12.6. The second-order valence-corrected chi connectivity index (χ2v) is 3.29. The number of anilines is 1. The highest BCUT2D eigenvalue weighted by molar-refractivity contribution is 5.97. The Hall–Kier alpha value is -2.11. The number of halogens is 1. The molecule has 1 heterocycles. The van der Waals surface area contributed by atoms with Gasteiger partial charge in [-0.05, 0) is 24.3 Å². The number of benzene rings is 1. The molecule has 0 aliphatic carbocycles. The molecule has 6 heteroatoms. The fraction of sp³-hybridized carbons (Fsp3) is 0.200. The lowest BCUT2D eigenvalue weighted by Gasteiger charge is -2.08. The molecule has 0 spiro atoms. The van der Waals surface area contributed by atoms with E-state index in [1.807, 2.05) is 0 Å². The lowest BCUT2D eigenvalue weighted by Crippen LogP contribution is -2.38. The standard InChI is InChI=1S/C10H9FN2O3/c11-6-1-3-7(4-2-6)12-9(14)8-5-16-10(15)13-8/h1-4,8H,5H2,(H,12,14)(H,13,15)/t8-/m0/s1. The molecular weight excluding hydrogens is 215 g/mol. The van der Waals surface area contributed by atoms with E-state index < -0.39 is 18.0 Å². The third-order valence-electron chi connectivity index (χ3n) is 2.10. The molecule has 1 aliphatic heterocycles. The van der Waals surface area contributed by atoms with Gasteiger partial charge < -0.3 is 15.4 Å². The van der Waals surface area contributed by atoms with Crippen molar-refractivity contribution in [2.45, 2.75) is 6.04 Å². The number of alkyl carbamates (subject to hydrolysis) is 1. The molecule has 1 atom stereocenters. The number of rotatable bonds is 2. The summed E-state index contributed by atoms with van der Waals surface area (Å²) >= 11 is 0. The van der Waals surface area contributed by atoms with Crippen LogP contribution in [-0.4, -0.2) is 24.6 Å². The second-order valence-electron chi connectivity index (χ2n) is 3.29. The van der Waals surface area contributed by atoms with Crippen molar-refractivity contribution in [3.63, 3.8) is 0 Å². The zero-order valence-corrected chi connectivity index (χ0v) is 8.20. The number of hydrogen-bond acceptors (Lipinski definition) is 3. The first kappa shape index (κ1) is 10.4. The molecule has 2 rings (SSSR count). The van der Waals surface area contributed by atoms with E-state index in [9.17, 15) is 14.0 Å². The van der Waals surface area contributed by atoms with Crippen LogP contribution in [0.2, 0.25) is 0 Å². The predicted molar refractivity (Wildman–Crippen MR) is 53.3 cm³/mol. The Bertz CT molecular complexity index is 419. The molecule has 1 fully saturated rings. The Morgan fingerprint density at radius 1 is 1.44 bits per heavy atom. The van der Waals surface area contributed by atoms with E-state index >= 15 is 0 Å². The van der Waals surface area contributed by atoms with Crippen LogP contribution in [0.4, 0.5) is 14.9 Å². The van der Waals surface area contributed by atoms with Gasteiger partial charge in [0.25, 0.3) is 5.91 Å². The van der Waals surface area contributed by atoms with E-state index in [-0.39, 0.29) is 12.4 Å². The minimum atomic E-state index is -0.697. The van der Waals surface area contributed by atoms with E-state index in [2.05, 4.69) is 15.4 Å². The number of amides is 2. The van der Waals surface area contributed by atoms with Crippen LogP contribution in [0, 0.1) is 5.82 Å². The quantitative estimate of drug-likeness (QED) is 0.783. The lowest BCUT2D eigenvalue weighted by atomic mass is 10.2. The van der Waals surface area contributed by atoms with Crippen LogP contribution in [-0.2, 0) is 9.53 Å². The Morgan fingerprint density at radius 2 is 2.12 bits per heavy atom. The fourth-order valence-corrected chi connectivity index (χ4v) is 1.29. The summed E-state index contributed by atoms with van der Waals surface area (Å²) in [5.74, 6) is -0.770. The first-order valence-corrected chi connectivity index (χ1v) is 4.65. The largest absolute Gasteiger partial charge is 0.447 e. The summed E-state index contributed by atoms with van der Waals surface area (Å²) in [6, 6.07) is 4.64. The van der Waals surface area contributed by atoms with Crippen molar-refractivity contribution in [1.29, 1.82) is 0 Å². The normalized spacial score (nSPS) is 18.8. The van der Waals surface area contributed by atoms with Crippen LogP contribution in [0.1, 0.15) is 0 Å². The van der Waals surface area contributed by atoms with E-state index in [4.69, 9.17) is 0 Å². The van der Waals surface area contributed by atoms with Gasteiger partial charge in [-0.3, -0.25) is 4.79 Å². The SMILES string of the molecule is O=C1N[C@H](C(=O)Nc2ccc(F)cc2)CO1. The van der Waals surface area contributed by atoms with E-state index in [1.165, 1.54) is 24.3 Å². The molecule has 0 bridgehead atoms. The summed E-state index contributed by atoms with van der Waals surface area (Å²) in [6.07, 6.45) is -0.612.